The third kappa shape index (κ3) is 3.31. The van der Waals surface area contributed by atoms with Crippen molar-refractivity contribution in [3.8, 4) is 0 Å². The molecule has 128 valence electrons. The van der Waals surface area contributed by atoms with Crippen molar-refractivity contribution >= 4 is 17.4 Å². The van der Waals surface area contributed by atoms with Crippen molar-refractivity contribution in [2.24, 2.45) is 0 Å². The maximum absolute atomic E-state index is 12.7. The minimum absolute atomic E-state index is 0.236. The summed E-state index contributed by atoms with van der Waals surface area (Å²) < 4.78 is 0. The molecule has 0 radical (unpaired) electrons. The predicted octanol–water partition coefficient (Wildman–Crippen LogP) is 2.36. The molecule has 0 atom stereocenters. The van der Waals surface area contributed by atoms with Crippen LogP contribution in [0.3, 0.4) is 0 Å². The number of pyridine rings is 1. The molecule has 1 aliphatic heterocycles. The number of likely N-dealkylation sites (N-methyl/N-ethyl adjacent to an activating group) is 2. The van der Waals surface area contributed by atoms with Crippen LogP contribution in [-0.4, -0.2) is 46.7 Å². The van der Waals surface area contributed by atoms with Crippen molar-refractivity contribution in [1.29, 1.82) is 0 Å². The average molecular weight is 335 g/mol. The van der Waals surface area contributed by atoms with Gasteiger partial charge < -0.3 is 4.90 Å². The van der Waals surface area contributed by atoms with E-state index in [-0.39, 0.29) is 11.8 Å². The second-order valence-corrected chi connectivity index (χ2v) is 5.94. The van der Waals surface area contributed by atoms with Gasteiger partial charge in [-0.05, 0) is 36.6 Å². The van der Waals surface area contributed by atoms with Crippen LogP contribution in [0.25, 0.3) is 5.57 Å². The molecule has 0 saturated carbocycles. The molecule has 2 amide bonds. The Kier molecular flexibility index (Phi) is 4.93. The molecule has 2 aromatic rings. The summed E-state index contributed by atoms with van der Waals surface area (Å²) in [7, 11) is 1.54. The Morgan fingerprint density at radius 3 is 2.32 bits per heavy atom. The number of carbonyl (C=O) groups is 2. The molecule has 0 fully saturated rings. The Morgan fingerprint density at radius 2 is 1.68 bits per heavy atom. The second kappa shape index (κ2) is 7.30. The highest BCUT2D eigenvalue weighted by atomic mass is 16.2. The SMILES string of the molecule is CCN(CCc1ccncc1)C1=C(c2ccccc2)C(=O)N(C)C1=O. The standard InChI is InChI=1S/C20H21N3O2/c1-3-23(14-11-15-9-12-21-13-10-15)18-17(16-7-5-4-6-8-16)19(24)22(2)20(18)25/h4-10,12-13H,3,11,14H2,1-2H3. The predicted molar refractivity (Wildman–Crippen MR) is 96.3 cm³/mol. The van der Waals surface area contributed by atoms with E-state index in [0.29, 0.717) is 24.4 Å². The Labute approximate surface area is 147 Å². The van der Waals surface area contributed by atoms with Gasteiger partial charge in [0.2, 0.25) is 0 Å². The monoisotopic (exact) mass is 335 g/mol. The lowest BCUT2D eigenvalue weighted by atomic mass is 10.0. The molecule has 5 heteroatoms. The largest absolute Gasteiger partial charge is 0.366 e. The molecule has 0 saturated heterocycles. The molecule has 3 rings (SSSR count). The van der Waals surface area contributed by atoms with Crippen LogP contribution in [0.5, 0.6) is 0 Å². The van der Waals surface area contributed by atoms with Gasteiger partial charge in [0.1, 0.15) is 5.70 Å². The van der Waals surface area contributed by atoms with Crippen molar-refractivity contribution in [2.45, 2.75) is 13.3 Å². The molecule has 1 aromatic heterocycles. The normalized spacial score (nSPS) is 14.4. The Morgan fingerprint density at radius 1 is 1.00 bits per heavy atom. The summed E-state index contributed by atoms with van der Waals surface area (Å²) in [4.78, 5) is 32.6. The molecule has 25 heavy (non-hydrogen) atoms. The number of nitrogens with zero attached hydrogens (tertiary/aromatic N) is 3. The highest BCUT2D eigenvalue weighted by Gasteiger charge is 2.38. The van der Waals surface area contributed by atoms with Crippen molar-refractivity contribution in [2.75, 3.05) is 20.1 Å². The van der Waals surface area contributed by atoms with Crippen LogP contribution >= 0.6 is 0 Å². The quantitative estimate of drug-likeness (QED) is 0.761. The van der Waals surface area contributed by atoms with Gasteiger partial charge in [0, 0.05) is 32.5 Å². The van der Waals surface area contributed by atoms with E-state index in [1.54, 1.807) is 12.4 Å². The summed E-state index contributed by atoms with van der Waals surface area (Å²) in [5.41, 5.74) is 2.92. The lowest BCUT2D eigenvalue weighted by Crippen LogP contribution is -2.33. The van der Waals surface area contributed by atoms with Gasteiger partial charge in [0.25, 0.3) is 11.8 Å². The summed E-state index contributed by atoms with van der Waals surface area (Å²) in [5.74, 6) is -0.478. The smallest absolute Gasteiger partial charge is 0.277 e. The third-order valence-electron chi connectivity index (χ3n) is 4.44. The van der Waals surface area contributed by atoms with Crippen molar-refractivity contribution in [3.05, 3.63) is 71.7 Å². The molecule has 0 aliphatic carbocycles. The van der Waals surface area contributed by atoms with E-state index in [0.717, 1.165) is 17.5 Å². The highest BCUT2D eigenvalue weighted by Crippen LogP contribution is 2.30. The van der Waals surface area contributed by atoms with Crippen LogP contribution in [0.4, 0.5) is 0 Å². The van der Waals surface area contributed by atoms with E-state index in [9.17, 15) is 9.59 Å². The zero-order chi connectivity index (χ0) is 17.8. The number of hydrogen-bond donors (Lipinski definition) is 0. The molecule has 0 unspecified atom stereocenters. The maximum atomic E-state index is 12.7. The van der Waals surface area contributed by atoms with Crippen molar-refractivity contribution in [3.63, 3.8) is 0 Å². The molecule has 5 nitrogen and oxygen atoms in total. The minimum atomic E-state index is -0.242. The second-order valence-electron chi connectivity index (χ2n) is 5.94. The van der Waals surface area contributed by atoms with Gasteiger partial charge in [0.05, 0.1) is 5.57 Å². The number of aromatic nitrogens is 1. The van der Waals surface area contributed by atoms with Crippen LogP contribution in [0.2, 0.25) is 0 Å². The topological polar surface area (TPSA) is 53.5 Å². The minimum Gasteiger partial charge on any atom is -0.366 e. The first-order chi connectivity index (χ1) is 12.1. The first-order valence-electron chi connectivity index (χ1n) is 8.39. The number of carbonyl (C=O) groups excluding carboxylic acids is 2. The summed E-state index contributed by atoms with van der Waals surface area (Å²) in [6, 6.07) is 13.3. The zero-order valence-corrected chi connectivity index (χ0v) is 14.5. The van der Waals surface area contributed by atoms with Gasteiger partial charge in [0.15, 0.2) is 0 Å². The Bertz CT molecular complexity index is 800. The van der Waals surface area contributed by atoms with Gasteiger partial charge >= 0.3 is 0 Å². The molecule has 1 aliphatic rings. The molecule has 1 aromatic carbocycles. The number of benzene rings is 1. The maximum Gasteiger partial charge on any atom is 0.277 e. The van der Waals surface area contributed by atoms with Gasteiger partial charge in [-0.15, -0.1) is 0 Å². The van der Waals surface area contributed by atoms with E-state index in [1.807, 2.05) is 54.3 Å². The number of rotatable bonds is 6. The molecular weight excluding hydrogens is 314 g/mol. The van der Waals surface area contributed by atoms with Crippen LogP contribution in [-0.2, 0) is 16.0 Å². The number of imide groups is 1. The fourth-order valence-electron chi connectivity index (χ4n) is 3.03. The summed E-state index contributed by atoms with van der Waals surface area (Å²) in [6.07, 6.45) is 4.31. The van der Waals surface area contributed by atoms with Crippen LogP contribution in [0, 0.1) is 0 Å². The highest BCUT2D eigenvalue weighted by molar-refractivity contribution is 6.35. The van der Waals surface area contributed by atoms with Crippen molar-refractivity contribution in [1.82, 2.24) is 14.8 Å². The summed E-state index contributed by atoms with van der Waals surface area (Å²) in [5, 5.41) is 0. The molecule has 2 heterocycles. The first kappa shape index (κ1) is 16.9. The summed E-state index contributed by atoms with van der Waals surface area (Å²) in [6.45, 7) is 3.32. The number of hydrogen-bond acceptors (Lipinski definition) is 4. The van der Waals surface area contributed by atoms with Gasteiger partial charge in [-0.1, -0.05) is 30.3 Å². The van der Waals surface area contributed by atoms with E-state index in [1.165, 1.54) is 11.9 Å². The van der Waals surface area contributed by atoms with Crippen LogP contribution in [0.15, 0.2) is 60.6 Å². The lowest BCUT2D eigenvalue weighted by molar-refractivity contribution is -0.135. The lowest BCUT2D eigenvalue weighted by Gasteiger charge is -2.24. The van der Waals surface area contributed by atoms with Crippen LogP contribution in [0.1, 0.15) is 18.1 Å². The first-order valence-corrected chi connectivity index (χ1v) is 8.39. The number of amides is 2. The summed E-state index contributed by atoms with van der Waals surface area (Å²) >= 11 is 0. The van der Waals surface area contributed by atoms with Crippen molar-refractivity contribution < 1.29 is 9.59 Å². The van der Waals surface area contributed by atoms with Gasteiger partial charge in [-0.3, -0.25) is 19.5 Å². The zero-order valence-electron chi connectivity index (χ0n) is 14.5. The molecule has 0 spiro atoms. The molecular formula is C20H21N3O2. The Balaban J connectivity index is 1.95. The van der Waals surface area contributed by atoms with Gasteiger partial charge in [-0.25, -0.2) is 0 Å². The fraction of sp³-hybridized carbons (Fsp3) is 0.250. The average Bonchev–Trinajstić information content (AvgIpc) is 2.88. The van der Waals surface area contributed by atoms with E-state index in [4.69, 9.17) is 0 Å². The molecule has 0 bridgehead atoms. The van der Waals surface area contributed by atoms with E-state index >= 15 is 0 Å². The fourth-order valence-corrected chi connectivity index (χ4v) is 3.03. The third-order valence-corrected chi connectivity index (χ3v) is 4.44. The van der Waals surface area contributed by atoms with Crippen LogP contribution < -0.4 is 0 Å². The molecule has 0 N–H and O–H groups in total. The Hall–Kier alpha value is -2.95. The van der Waals surface area contributed by atoms with Gasteiger partial charge in [-0.2, -0.15) is 0 Å². The van der Waals surface area contributed by atoms with E-state index < -0.39 is 0 Å². The van der Waals surface area contributed by atoms with E-state index in [2.05, 4.69) is 4.98 Å².